The molecule has 0 spiro atoms. The van der Waals surface area contributed by atoms with Crippen LogP contribution in [0.15, 0.2) is 12.2 Å². The van der Waals surface area contributed by atoms with Crippen molar-refractivity contribution >= 4 is 29.0 Å². The molecule has 0 bridgehead atoms. The summed E-state index contributed by atoms with van der Waals surface area (Å²) in [4.78, 5) is 11.1. The second-order valence-electron chi connectivity index (χ2n) is 2.78. The lowest BCUT2D eigenvalue weighted by Crippen LogP contribution is -2.53. The highest BCUT2D eigenvalue weighted by Crippen LogP contribution is 2.53. The smallest absolute Gasteiger partial charge is 0.183 e. The van der Waals surface area contributed by atoms with Crippen LogP contribution in [0, 0.1) is 11.8 Å². The fourth-order valence-electron chi connectivity index (χ4n) is 1.61. The van der Waals surface area contributed by atoms with Gasteiger partial charge in [-0.1, -0.05) is 35.4 Å². The van der Waals surface area contributed by atoms with Crippen molar-refractivity contribution in [2.45, 2.75) is 10.8 Å². The highest BCUT2D eigenvalue weighted by atomic mass is 35.5. The number of hydrogen-bond acceptors (Lipinski definition) is 1. The first-order valence-corrected chi connectivity index (χ1v) is 3.98. The van der Waals surface area contributed by atoms with Gasteiger partial charge in [0, 0.05) is 11.8 Å². The third-order valence-electron chi connectivity index (χ3n) is 2.25. The van der Waals surface area contributed by atoms with E-state index in [1.165, 1.54) is 0 Å². The lowest BCUT2D eigenvalue weighted by molar-refractivity contribution is -0.132. The fourth-order valence-corrected chi connectivity index (χ4v) is 2.34. The van der Waals surface area contributed by atoms with Crippen LogP contribution < -0.4 is 0 Å². The molecule has 0 radical (unpaired) electrons. The molecule has 2 unspecified atom stereocenters. The average Bonchev–Trinajstić information content (AvgIpc) is 2.31. The quantitative estimate of drug-likeness (QED) is 0.408. The lowest BCUT2D eigenvalue weighted by Gasteiger charge is -2.40. The van der Waals surface area contributed by atoms with E-state index in [0.29, 0.717) is 0 Å². The van der Waals surface area contributed by atoms with Gasteiger partial charge in [0.15, 0.2) is 10.1 Å². The average molecular weight is 177 g/mol. The van der Waals surface area contributed by atoms with E-state index in [9.17, 15) is 4.79 Å². The maximum atomic E-state index is 11.1. The van der Waals surface area contributed by atoms with Crippen LogP contribution in [-0.4, -0.2) is 10.1 Å². The molecule has 3 heteroatoms. The van der Waals surface area contributed by atoms with E-state index in [0.717, 1.165) is 6.42 Å². The third-order valence-corrected chi connectivity index (χ3v) is 3.13. The van der Waals surface area contributed by atoms with Gasteiger partial charge >= 0.3 is 0 Å². The van der Waals surface area contributed by atoms with Crippen LogP contribution in [0.3, 0.4) is 0 Å². The number of fused-ring (bicyclic) bond motifs is 1. The van der Waals surface area contributed by atoms with Gasteiger partial charge in [0.2, 0.25) is 0 Å². The zero-order chi connectivity index (χ0) is 7.35. The van der Waals surface area contributed by atoms with Crippen LogP contribution >= 0.6 is 23.2 Å². The molecule has 2 aliphatic rings. The summed E-state index contributed by atoms with van der Waals surface area (Å²) in [5, 5.41) is 0. The number of carbonyl (C=O) groups excluding carboxylic acids is 1. The van der Waals surface area contributed by atoms with Crippen molar-refractivity contribution in [2.24, 2.45) is 11.8 Å². The van der Waals surface area contributed by atoms with E-state index >= 15 is 0 Å². The van der Waals surface area contributed by atoms with Gasteiger partial charge in [0.25, 0.3) is 0 Å². The van der Waals surface area contributed by atoms with E-state index in [1.807, 2.05) is 12.2 Å². The molecule has 1 nitrogen and oxygen atoms in total. The molecule has 0 aliphatic heterocycles. The molecule has 0 amide bonds. The molecule has 0 aromatic rings. The first-order valence-electron chi connectivity index (χ1n) is 3.23. The Morgan fingerprint density at radius 2 is 2.30 bits per heavy atom. The number of ketones is 1. The molecule has 54 valence electrons. The Balaban J connectivity index is 2.29. The number of carbonyl (C=O) groups is 1. The van der Waals surface area contributed by atoms with Crippen LogP contribution in [0.2, 0.25) is 0 Å². The van der Waals surface area contributed by atoms with Gasteiger partial charge in [-0.2, -0.15) is 0 Å². The normalized spacial score (nSPS) is 41.2. The third kappa shape index (κ3) is 0.578. The van der Waals surface area contributed by atoms with Crippen molar-refractivity contribution < 1.29 is 4.79 Å². The van der Waals surface area contributed by atoms with Crippen LogP contribution in [-0.2, 0) is 4.79 Å². The number of alkyl halides is 2. The SMILES string of the molecule is O=C1C2CC=CC2C1(Cl)Cl. The lowest BCUT2D eigenvalue weighted by atomic mass is 9.73. The molecule has 0 N–H and O–H groups in total. The first kappa shape index (κ1) is 6.68. The Morgan fingerprint density at radius 3 is 2.90 bits per heavy atom. The molecule has 10 heavy (non-hydrogen) atoms. The Hall–Kier alpha value is -0.0100. The van der Waals surface area contributed by atoms with Crippen molar-refractivity contribution in [1.29, 1.82) is 0 Å². The monoisotopic (exact) mass is 176 g/mol. The molecule has 2 aliphatic carbocycles. The Morgan fingerprint density at radius 1 is 1.60 bits per heavy atom. The van der Waals surface area contributed by atoms with Crippen molar-refractivity contribution in [1.82, 2.24) is 0 Å². The largest absolute Gasteiger partial charge is 0.296 e. The summed E-state index contributed by atoms with van der Waals surface area (Å²) in [6.07, 6.45) is 4.73. The molecule has 1 fully saturated rings. The topological polar surface area (TPSA) is 17.1 Å². The molecule has 0 aromatic heterocycles. The summed E-state index contributed by atoms with van der Waals surface area (Å²) in [6.45, 7) is 0. The maximum absolute atomic E-state index is 11.1. The predicted molar refractivity (Wildman–Crippen MR) is 40.2 cm³/mol. The van der Waals surface area contributed by atoms with Crippen LogP contribution in [0.5, 0.6) is 0 Å². The van der Waals surface area contributed by atoms with Crippen molar-refractivity contribution in [2.75, 3.05) is 0 Å². The van der Waals surface area contributed by atoms with Crippen molar-refractivity contribution in [3.05, 3.63) is 12.2 Å². The number of halogens is 2. The summed E-state index contributed by atoms with van der Waals surface area (Å²) in [5.74, 6) is 0.171. The fraction of sp³-hybridized carbons (Fsp3) is 0.571. The molecule has 1 saturated carbocycles. The summed E-state index contributed by atoms with van der Waals surface area (Å²) in [7, 11) is 0. The Labute approximate surface area is 69.0 Å². The highest BCUT2D eigenvalue weighted by molar-refractivity contribution is 6.61. The van der Waals surface area contributed by atoms with Crippen LogP contribution in [0.25, 0.3) is 0 Å². The van der Waals surface area contributed by atoms with E-state index in [4.69, 9.17) is 23.2 Å². The molecule has 2 rings (SSSR count). The minimum absolute atomic E-state index is 0.00849. The van der Waals surface area contributed by atoms with Crippen molar-refractivity contribution in [3.8, 4) is 0 Å². The number of rotatable bonds is 0. The molecular weight excluding hydrogens is 171 g/mol. The molecule has 0 saturated heterocycles. The summed E-state index contributed by atoms with van der Waals surface area (Å²) < 4.78 is -1.10. The zero-order valence-electron chi connectivity index (χ0n) is 5.18. The summed E-state index contributed by atoms with van der Waals surface area (Å²) in [5.41, 5.74) is 0. The van der Waals surface area contributed by atoms with E-state index in [2.05, 4.69) is 0 Å². The van der Waals surface area contributed by atoms with Gasteiger partial charge in [-0.05, 0) is 6.42 Å². The summed E-state index contributed by atoms with van der Waals surface area (Å²) in [6, 6.07) is 0. The van der Waals surface area contributed by atoms with Gasteiger partial charge < -0.3 is 0 Å². The molecule has 0 heterocycles. The van der Waals surface area contributed by atoms with Gasteiger partial charge in [0.05, 0.1) is 0 Å². The van der Waals surface area contributed by atoms with E-state index < -0.39 is 4.33 Å². The second kappa shape index (κ2) is 1.77. The highest BCUT2D eigenvalue weighted by Gasteiger charge is 2.60. The Kier molecular flexibility index (Phi) is 1.19. The zero-order valence-corrected chi connectivity index (χ0v) is 6.69. The van der Waals surface area contributed by atoms with Gasteiger partial charge in [-0.15, -0.1) is 0 Å². The first-order chi connectivity index (χ1) is 4.64. The van der Waals surface area contributed by atoms with Gasteiger partial charge in [0.1, 0.15) is 0 Å². The maximum Gasteiger partial charge on any atom is 0.183 e. The number of hydrogen-bond donors (Lipinski definition) is 0. The molecule has 2 atom stereocenters. The second-order valence-corrected chi connectivity index (χ2v) is 4.17. The van der Waals surface area contributed by atoms with Crippen molar-refractivity contribution in [3.63, 3.8) is 0 Å². The Bertz CT molecular complexity index is 220. The van der Waals surface area contributed by atoms with Crippen LogP contribution in [0.1, 0.15) is 6.42 Å². The van der Waals surface area contributed by atoms with Gasteiger partial charge in [-0.3, -0.25) is 4.79 Å². The summed E-state index contributed by atoms with van der Waals surface area (Å²) >= 11 is 11.4. The number of allylic oxidation sites excluding steroid dienone is 2. The molecular formula is C7H6Cl2O. The minimum Gasteiger partial charge on any atom is -0.296 e. The van der Waals surface area contributed by atoms with Gasteiger partial charge in [-0.25, -0.2) is 0 Å². The predicted octanol–water partition coefficient (Wildman–Crippen LogP) is 1.94. The van der Waals surface area contributed by atoms with Crippen LogP contribution in [0.4, 0.5) is 0 Å². The minimum atomic E-state index is -1.10. The van der Waals surface area contributed by atoms with E-state index in [-0.39, 0.29) is 17.6 Å². The van der Waals surface area contributed by atoms with E-state index in [1.54, 1.807) is 0 Å². The standard InChI is InChI=1S/C7H6Cl2O/c8-7(9)5-3-1-2-4(5)6(7)10/h1,3-5H,2H2. The molecule has 0 aromatic carbocycles. The number of Topliss-reactive ketones (excluding diaryl/α,β-unsaturated/α-hetero) is 1.